The van der Waals surface area contributed by atoms with Crippen LogP contribution in [0.5, 0.6) is 11.8 Å². The third-order valence-electron chi connectivity index (χ3n) is 8.18. The van der Waals surface area contributed by atoms with Crippen molar-refractivity contribution in [3.8, 4) is 11.8 Å². The number of aromatic nitrogens is 1. The smallest absolute Gasteiger partial charge is 0.241 e. The third-order valence-corrected chi connectivity index (χ3v) is 8.18. The fourth-order valence-electron chi connectivity index (χ4n) is 6.06. The molecule has 0 unspecified atom stereocenters. The molecule has 3 heterocycles. The van der Waals surface area contributed by atoms with Gasteiger partial charge in [-0.05, 0) is 52.8 Å². The molecule has 0 atom stereocenters. The first-order valence-corrected chi connectivity index (χ1v) is 14.5. The van der Waals surface area contributed by atoms with E-state index in [0.29, 0.717) is 38.2 Å². The Balaban J connectivity index is 0.00000138. The van der Waals surface area contributed by atoms with Gasteiger partial charge in [-0.25, -0.2) is 0 Å². The zero-order valence-corrected chi connectivity index (χ0v) is 27.0. The van der Waals surface area contributed by atoms with Crippen LogP contribution in [0.3, 0.4) is 0 Å². The summed E-state index contributed by atoms with van der Waals surface area (Å²) in [6, 6.07) is 31.0. The monoisotopic (exact) mass is 703 g/mol. The summed E-state index contributed by atoms with van der Waals surface area (Å²) >= 11 is 0. The molecule has 3 aliphatic rings. The molecule has 1 saturated heterocycles. The summed E-state index contributed by atoms with van der Waals surface area (Å²) in [6.45, 7) is 3.13. The molecule has 1 spiro atoms. The summed E-state index contributed by atoms with van der Waals surface area (Å²) in [5, 5.41) is 0. The number of rotatable bonds is 8. The summed E-state index contributed by atoms with van der Waals surface area (Å²) in [7, 11) is 0. The molecule has 2 aliphatic heterocycles. The molecule has 8 nitrogen and oxygen atoms in total. The van der Waals surface area contributed by atoms with Gasteiger partial charge in [0.1, 0.15) is 18.9 Å². The number of fused-ring (bicyclic) bond motifs is 1. The van der Waals surface area contributed by atoms with Gasteiger partial charge in [0, 0.05) is 51.6 Å². The SMILES string of the molecule is C1=C(c2cccc3c2CCN3c2ccc(OCc3ccccc3)nc2OCc2ccccc2)CCC2(C1)OCCO2.O.O.[CH3-].[Pd]. The molecule has 0 radical (unpaired) electrons. The van der Waals surface area contributed by atoms with Crippen LogP contribution in [-0.2, 0) is 49.5 Å². The maximum atomic E-state index is 6.37. The molecule has 0 amide bonds. The van der Waals surface area contributed by atoms with E-state index in [-0.39, 0.29) is 38.8 Å². The molecule has 3 aromatic carbocycles. The molecule has 1 aromatic heterocycles. The average molecular weight is 704 g/mol. The number of anilines is 2. The zero-order valence-electron chi connectivity index (χ0n) is 25.4. The van der Waals surface area contributed by atoms with E-state index in [0.717, 1.165) is 49.0 Å². The van der Waals surface area contributed by atoms with E-state index in [2.05, 4.69) is 59.5 Å². The second-order valence-corrected chi connectivity index (χ2v) is 10.8. The van der Waals surface area contributed by atoms with Gasteiger partial charge in [-0.2, -0.15) is 4.98 Å². The largest absolute Gasteiger partial charge is 0.473 e. The van der Waals surface area contributed by atoms with Crippen molar-refractivity contribution in [2.75, 3.05) is 24.7 Å². The molecule has 7 rings (SSSR count). The van der Waals surface area contributed by atoms with Crippen LogP contribution < -0.4 is 14.4 Å². The molecule has 1 fully saturated rings. The van der Waals surface area contributed by atoms with Crippen molar-refractivity contribution >= 4 is 16.9 Å². The molecular formula is C36H41N2O6Pd-. The Morgan fingerprint density at radius 2 is 1.40 bits per heavy atom. The fourth-order valence-corrected chi connectivity index (χ4v) is 6.06. The first-order valence-electron chi connectivity index (χ1n) is 14.5. The van der Waals surface area contributed by atoms with Gasteiger partial charge in [-0.3, -0.25) is 0 Å². The first-order chi connectivity index (χ1) is 20.3. The van der Waals surface area contributed by atoms with E-state index < -0.39 is 5.79 Å². The Labute approximate surface area is 279 Å². The Hall–Kier alpha value is -3.55. The first kappa shape index (κ1) is 35.9. The number of benzene rings is 3. The van der Waals surface area contributed by atoms with Crippen LogP contribution in [0.2, 0.25) is 0 Å². The predicted octanol–water partition coefficient (Wildman–Crippen LogP) is 6.04. The number of allylic oxidation sites excluding steroid dienone is 1. The van der Waals surface area contributed by atoms with Gasteiger partial charge in [0.25, 0.3) is 0 Å². The normalized spacial score (nSPS) is 15.8. The van der Waals surface area contributed by atoms with E-state index in [1.165, 1.54) is 22.4 Å². The second kappa shape index (κ2) is 16.1. The van der Waals surface area contributed by atoms with Crippen molar-refractivity contribution in [2.45, 2.75) is 44.7 Å². The Morgan fingerprint density at radius 3 is 2.04 bits per heavy atom. The molecule has 0 saturated carbocycles. The van der Waals surface area contributed by atoms with E-state index in [1.54, 1.807) is 0 Å². The molecule has 242 valence electrons. The minimum atomic E-state index is -0.408. The number of hydrogen-bond acceptors (Lipinski definition) is 6. The van der Waals surface area contributed by atoms with Gasteiger partial charge >= 0.3 is 0 Å². The molecule has 45 heavy (non-hydrogen) atoms. The third kappa shape index (κ3) is 7.82. The van der Waals surface area contributed by atoms with Gasteiger partial charge in [0.2, 0.25) is 11.8 Å². The van der Waals surface area contributed by atoms with Crippen molar-refractivity contribution in [3.63, 3.8) is 0 Å². The van der Waals surface area contributed by atoms with Crippen LogP contribution in [0.15, 0.2) is 97.1 Å². The number of hydrogen-bond donors (Lipinski definition) is 0. The molecule has 0 bridgehead atoms. The molecule has 4 N–H and O–H groups in total. The fraction of sp³-hybridized carbons (Fsp3) is 0.278. The second-order valence-electron chi connectivity index (χ2n) is 10.8. The van der Waals surface area contributed by atoms with E-state index in [9.17, 15) is 0 Å². The van der Waals surface area contributed by atoms with Crippen molar-refractivity contribution < 1.29 is 50.3 Å². The number of pyridine rings is 1. The Morgan fingerprint density at radius 1 is 0.733 bits per heavy atom. The molecule has 4 aromatic rings. The standard InChI is InChI=1S/C35H34N2O4.CH3.2H2O.Pd/c1-3-8-26(9-4-1)24-38-33-15-14-32(34(36-33)39-25-27-10-5-2-6-11-27)37-21-18-30-29(12-7-13-31(30)37)28-16-19-35(20-17-28)40-22-23-41-35;;;;/h1-16H,17-25H2;1H3;2*1H2;/q;-1;;;. The minimum absolute atomic E-state index is 0. The maximum Gasteiger partial charge on any atom is 0.241 e. The van der Waals surface area contributed by atoms with Crippen LogP contribution >= 0.6 is 0 Å². The maximum absolute atomic E-state index is 6.37. The van der Waals surface area contributed by atoms with E-state index >= 15 is 0 Å². The van der Waals surface area contributed by atoms with Gasteiger partial charge in [-0.15, -0.1) is 0 Å². The number of ether oxygens (including phenoxy) is 4. The van der Waals surface area contributed by atoms with Crippen molar-refractivity contribution in [2.24, 2.45) is 0 Å². The summed E-state index contributed by atoms with van der Waals surface area (Å²) < 4.78 is 24.3. The molecule has 9 heteroatoms. The summed E-state index contributed by atoms with van der Waals surface area (Å²) in [6.07, 6.45) is 5.95. The van der Waals surface area contributed by atoms with Crippen LogP contribution in [0.4, 0.5) is 11.4 Å². The Bertz CT molecular complexity index is 1540. The minimum Gasteiger partial charge on any atom is -0.473 e. The van der Waals surface area contributed by atoms with Crippen molar-refractivity contribution in [1.82, 2.24) is 4.98 Å². The summed E-state index contributed by atoms with van der Waals surface area (Å²) in [5.41, 5.74) is 8.45. The van der Waals surface area contributed by atoms with Gasteiger partial charge in [0.05, 0.1) is 13.2 Å². The topological polar surface area (TPSA) is 116 Å². The van der Waals surface area contributed by atoms with Gasteiger partial charge < -0.3 is 42.2 Å². The Kier molecular flexibility index (Phi) is 12.9. The van der Waals surface area contributed by atoms with E-state index in [1.807, 2.05) is 42.5 Å². The quantitative estimate of drug-likeness (QED) is 0.163. The predicted molar refractivity (Wildman–Crippen MR) is 173 cm³/mol. The molecule has 1 aliphatic carbocycles. The van der Waals surface area contributed by atoms with Crippen LogP contribution in [0.25, 0.3) is 5.57 Å². The van der Waals surface area contributed by atoms with Crippen LogP contribution in [0, 0.1) is 7.43 Å². The number of nitrogens with zero attached hydrogens (tertiary/aromatic N) is 2. The summed E-state index contributed by atoms with van der Waals surface area (Å²) in [4.78, 5) is 7.18. The van der Waals surface area contributed by atoms with Crippen LogP contribution in [-0.4, -0.2) is 41.5 Å². The van der Waals surface area contributed by atoms with Crippen molar-refractivity contribution in [3.05, 3.63) is 127 Å². The van der Waals surface area contributed by atoms with Crippen molar-refractivity contribution in [1.29, 1.82) is 0 Å². The average Bonchev–Trinajstić information content (AvgIpc) is 3.68. The zero-order chi connectivity index (χ0) is 27.5. The van der Waals surface area contributed by atoms with E-state index in [4.69, 9.17) is 23.9 Å². The van der Waals surface area contributed by atoms with Gasteiger partial charge in [-0.1, -0.05) is 78.9 Å². The summed E-state index contributed by atoms with van der Waals surface area (Å²) in [5.74, 6) is 0.715. The van der Waals surface area contributed by atoms with Crippen LogP contribution in [0.1, 0.15) is 41.5 Å². The van der Waals surface area contributed by atoms with Gasteiger partial charge in [0.15, 0.2) is 5.79 Å². The molecular weight excluding hydrogens is 663 g/mol.